The molecule has 0 saturated heterocycles. The highest BCUT2D eigenvalue weighted by Gasteiger charge is 2.34. The average molecular weight is 469 g/mol. The van der Waals surface area contributed by atoms with E-state index in [0.717, 1.165) is 5.56 Å². The Balaban J connectivity index is 2.21. The zero-order valence-electron chi connectivity index (χ0n) is 14.9. The van der Waals surface area contributed by atoms with E-state index in [9.17, 15) is 4.79 Å². The van der Waals surface area contributed by atoms with Crippen LogP contribution in [-0.4, -0.2) is 15.9 Å². The van der Waals surface area contributed by atoms with Crippen LogP contribution in [0.2, 0.25) is 10.0 Å². The molecule has 0 aromatic heterocycles. The van der Waals surface area contributed by atoms with Crippen LogP contribution in [0.5, 0.6) is 0 Å². The number of rotatable bonds is 4. The largest absolute Gasteiger partial charge is 0.361 e. The summed E-state index contributed by atoms with van der Waals surface area (Å²) in [6, 6.07) is 12.3. The number of hydrogen-bond donors (Lipinski definition) is 2. The normalized spacial score (nSPS) is 13.2. The van der Waals surface area contributed by atoms with Gasteiger partial charge in [-0.1, -0.05) is 97.0 Å². The molecule has 3 nitrogen and oxygen atoms in total. The first-order chi connectivity index (χ1) is 12.4. The smallest absolute Gasteiger partial charge is 0.252 e. The van der Waals surface area contributed by atoms with E-state index in [-0.39, 0.29) is 10.4 Å². The topological polar surface area (TPSA) is 41.1 Å². The fraction of sp³-hybridized carbons (Fsp3) is 0.316. The van der Waals surface area contributed by atoms with E-state index in [4.69, 9.17) is 58.0 Å². The van der Waals surface area contributed by atoms with Gasteiger partial charge in [-0.05, 0) is 35.2 Å². The standard InChI is InChI=1S/C19H19Cl5N2O/c1-18(2,3)12-9-7-11(8-10-12)16(27)26-17(19(22,23)24)25-14-6-4-5-13(20)15(14)21/h4-10,17,25H,1-3H3,(H,26,27)/t17-/m1/s1. The molecular weight excluding hydrogens is 449 g/mol. The van der Waals surface area contributed by atoms with Crippen LogP contribution in [0.15, 0.2) is 42.5 Å². The molecule has 1 atom stereocenters. The third kappa shape index (κ3) is 6.07. The number of carbonyl (C=O) groups excluding carboxylic acids is 1. The third-order valence-corrected chi connectivity index (χ3v) is 5.34. The fourth-order valence-corrected chi connectivity index (χ4v) is 2.99. The van der Waals surface area contributed by atoms with Crippen molar-refractivity contribution < 1.29 is 4.79 Å². The Morgan fingerprint density at radius 2 is 1.56 bits per heavy atom. The number of benzene rings is 2. The fourth-order valence-electron chi connectivity index (χ4n) is 2.31. The maximum atomic E-state index is 12.6. The zero-order valence-corrected chi connectivity index (χ0v) is 18.7. The van der Waals surface area contributed by atoms with Gasteiger partial charge in [0.1, 0.15) is 6.17 Å². The average Bonchev–Trinajstić information content (AvgIpc) is 2.56. The van der Waals surface area contributed by atoms with Gasteiger partial charge >= 0.3 is 0 Å². The second kappa shape index (κ2) is 8.67. The number of hydrogen-bond acceptors (Lipinski definition) is 2. The summed E-state index contributed by atoms with van der Waals surface area (Å²) in [7, 11) is 0. The highest BCUT2D eigenvalue weighted by molar-refractivity contribution is 6.68. The van der Waals surface area contributed by atoms with E-state index in [1.807, 2.05) is 12.1 Å². The third-order valence-electron chi connectivity index (χ3n) is 3.87. The molecule has 0 bridgehead atoms. The van der Waals surface area contributed by atoms with Gasteiger partial charge in [0.05, 0.1) is 15.7 Å². The van der Waals surface area contributed by atoms with E-state index in [1.165, 1.54) is 0 Å². The lowest BCUT2D eigenvalue weighted by molar-refractivity contribution is 0.0942. The van der Waals surface area contributed by atoms with Crippen LogP contribution in [0.4, 0.5) is 5.69 Å². The van der Waals surface area contributed by atoms with Gasteiger partial charge in [-0.15, -0.1) is 0 Å². The molecule has 27 heavy (non-hydrogen) atoms. The number of amides is 1. The van der Waals surface area contributed by atoms with Crippen molar-refractivity contribution in [1.29, 1.82) is 0 Å². The minimum atomic E-state index is -1.83. The Kier molecular flexibility index (Phi) is 7.21. The second-order valence-electron chi connectivity index (χ2n) is 7.02. The van der Waals surface area contributed by atoms with Crippen LogP contribution < -0.4 is 10.6 Å². The van der Waals surface area contributed by atoms with Crippen molar-refractivity contribution in [2.45, 2.75) is 36.1 Å². The molecule has 1 amide bonds. The molecule has 8 heteroatoms. The van der Waals surface area contributed by atoms with Crippen LogP contribution in [0.3, 0.4) is 0 Å². The first-order valence-electron chi connectivity index (χ1n) is 8.08. The van der Waals surface area contributed by atoms with Gasteiger partial charge in [-0.2, -0.15) is 0 Å². The molecule has 2 rings (SSSR count). The van der Waals surface area contributed by atoms with Crippen molar-refractivity contribution >= 4 is 69.6 Å². The lowest BCUT2D eigenvalue weighted by Crippen LogP contribution is -2.49. The van der Waals surface area contributed by atoms with Crippen molar-refractivity contribution in [3.8, 4) is 0 Å². The SMILES string of the molecule is CC(C)(C)c1ccc(C(=O)N[C@@H](Nc2cccc(Cl)c2Cl)C(Cl)(Cl)Cl)cc1. The van der Waals surface area contributed by atoms with Gasteiger partial charge in [-0.25, -0.2) is 0 Å². The number of carbonyl (C=O) groups is 1. The molecule has 0 saturated carbocycles. The van der Waals surface area contributed by atoms with Crippen molar-refractivity contribution in [2.75, 3.05) is 5.32 Å². The Morgan fingerprint density at radius 1 is 0.963 bits per heavy atom. The molecule has 0 aliphatic rings. The Labute approximate surface area is 184 Å². The van der Waals surface area contributed by atoms with Gasteiger partial charge in [0, 0.05) is 5.56 Å². The van der Waals surface area contributed by atoms with E-state index in [2.05, 4.69) is 31.4 Å². The summed E-state index contributed by atoms with van der Waals surface area (Å²) in [6.07, 6.45) is -1.03. The molecule has 0 spiro atoms. The molecule has 0 heterocycles. The maximum Gasteiger partial charge on any atom is 0.252 e. The lowest BCUT2D eigenvalue weighted by atomic mass is 9.87. The molecule has 0 unspecified atom stereocenters. The zero-order chi connectivity index (χ0) is 20.4. The molecule has 146 valence electrons. The summed E-state index contributed by atoms with van der Waals surface area (Å²) in [6.45, 7) is 6.29. The van der Waals surface area contributed by atoms with Crippen molar-refractivity contribution in [1.82, 2.24) is 5.32 Å². The number of anilines is 1. The maximum absolute atomic E-state index is 12.6. The molecular formula is C19H19Cl5N2O. The molecule has 0 radical (unpaired) electrons. The summed E-state index contributed by atoms with van der Waals surface area (Å²) in [5.41, 5.74) is 1.98. The molecule has 2 N–H and O–H groups in total. The lowest BCUT2D eigenvalue weighted by Gasteiger charge is -2.28. The number of halogens is 5. The van der Waals surface area contributed by atoms with Crippen molar-refractivity contribution in [2.24, 2.45) is 0 Å². The van der Waals surface area contributed by atoms with E-state index >= 15 is 0 Å². The monoisotopic (exact) mass is 466 g/mol. The number of nitrogens with one attached hydrogen (secondary N) is 2. The van der Waals surface area contributed by atoms with E-state index in [0.29, 0.717) is 16.3 Å². The minimum absolute atomic E-state index is 0.0139. The molecule has 0 aliphatic heterocycles. The van der Waals surface area contributed by atoms with Crippen molar-refractivity contribution in [3.63, 3.8) is 0 Å². The predicted molar refractivity (Wildman–Crippen MR) is 117 cm³/mol. The Hall–Kier alpha value is -0.840. The van der Waals surface area contributed by atoms with Gasteiger partial charge in [0.15, 0.2) is 0 Å². The summed E-state index contributed by atoms with van der Waals surface area (Å²) in [5, 5.41) is 6.21. The summed E-state index contributed by atoms with van der Waals surface area (Å²) in [5.74, 6) is -0.391. The van der Waals surface area contributed by atoms with Gasteiger partial charge in [-0.3, -0.25) is 4.79 Å². The molecule has 2 aromatic rings. The van der Waals surface area contributed by atoms with Crippen LogP contribution in [0.25, 0.3) is 0 Å². The summed E-state index contributed by atoms with van der Waals surface area (Å²) < 4.78 is -1.83. The Bertz CT molecular complexity index is 810. The highest BCUT2D eigenvalue weighted by Crippen LogP contribution is 2.35. The van der Waals surface area contributed by atoms with Gasteiger partial charge < -0.3 is 10.6 Å². The molecule has 0 aliphatic carbocycles. The predicted octanol–water partition coefficient (Wildman–Crippen LogP) is 6.83. The minimum Gasteiger partial charge on any atom is -0.361 e. The first kappa shape index (κ1) is 22.4. The van der Waals surface area contributed by atoms with Crippen LogP contribution >= 0.6 is 58.0 Å². The highest BCUT2D eigenvalue weighted by atomic mass is 35.6. The van der Waals surface area contributed by atoms with Crippen LogP contribution in [0.1, 0.15) is 36.7 Å². The van der Waals surface area contributed by atoms with Gasteiger partial charge in [0.2, 0.25) is 3.79 Å². The molecule has 2 aromatic carbocycles. The van der Waals surface area contributed by atoms with Gasteiger partial charge in [0.25, 0.3) is 5.91 Å². The quantitative estimate of drug-likeness (QED) is 0.381. The Morgan fingerprint density at radius 3 is 2.07 bits per heavy atom. The number of alkyl halides is 3. The molecule has 0 fully saturated rings. The van der Waals surface area contributed by atoms with Crippen molar-refractivity contribution in [3.05, 3.63) is 63.6 Å². The van der Waals surface area contributed by atoms with E-state index < -0.39 is 15.9 Å². The summed E-state index contributed by atoms with van der Waals surface area (Å²) in [4.78, 5) is 12.6. The summed E-state index contributed by atoms with van der Waals surface area (Å²) >= 11 is 30.3. The van der Waals surface area contributed by atoms with E-state index in [1.54, 1.807) is 30.3 Å². The first-order valence-corrected chi connectivity index (χ1v) is 9.97. The van der Waals surface area contributed by atoms with Crippen LogP contribution in [0, 0.1) is 0 Å². The second-order valence-corrected chi connectivity index (χ2v) is 10.2. The van der Waals surface area contributed by atoms with Crippen LogP contribution in [-0.2, 0) is 5.41 Å².